The molecule has 0 amide bonds. The lowest BCUT2D eigenvalue weighted by atomic mass is 9.88. The van der Waals surface area contributed by atoms with Crippen molar-refractivity contribution in [2.75, 3.05) is 32.1 Å². The van der Waals surface area contributed by atoms with E-state index in [0.717, 1.165) is 65.8 Å². The Morgan fingerprint density at radius 1 is 1.08 bits per heavy atom. The van der Waals surface area contributed by atoms with Crippen molar-refractivity contribution in [3.05, 3.63) is 82.9 Å². The van der Waals surface area contributed by atoms with Crippen molar-refractivity contribution in [3.8, 4) is 17.2 Å². The van der Waals surface area contributed by atoms with Crippen LogP contribution < -0.4 is 9.47 Å². The first kappa shape index (κ1) is 25.3. The largest absolute Gasteiger partial charge is 0.508 e. The second-order valence-corrected chi connectivity index (χ2v) is 12.1. The molecule has 3 aromatic carbocycles. The summed E-state index contributed by atoms with van der Waals surface area (Å²) in [5.41, 5.74) is 7.04. The normalized spacial score (nSPS) is 20.2. The lowest BCUT2D eigenvalue weighted by molar-refractivity contribution is 0.138. The number of phenols is 1. The van der Waals surface area contributed by atoms with Gasteiger partial charge in [-0.05, 0) is 103 Å². The smallest absolute Gasteiger partial charge is 0.123 e. The molecule has 1 N–H and O–H groups in total. The molecule has 3 heterocycles. The van der Waals surface area contributed by atoms with E-state index in [2.05, 4.69) is 61.2 Å². The summed E-state index contributed by atoms with van der Waals surface area (Å²) >= 11 is 1.77. The topological polar surface area (TPSA) is 41.9 Å². The number of fused-ring (bicyclic) bond motifs is 2. The molecule has 6 heteroatoms. The van der Waals surface area contributed by atoms with Crippen LogP contribution in [0.5, 0.6) is 17.2 Å². The van der Waals surface area contributed by atoms with E-state index in [-0.39, 0.29) is 24.1 Å². The molecular formula is C32H34FNO3S. The number of phenolic OH excluding ortho intramolecular Hbond substituents is 1. The Balaban J connectivity index is 1.32. The number of halogens is 1. The van der Waals surface area contributed by atoms with Crippen LogP contribution >= 0.6 is 11.8 Å². The number of hydrogen-bond donors (Lipinski definition) is 1. The summed E-state index contributed by atoms with van der Waals surface area (Å²) in [7, 11) is 0. The van der Waals surface area contributed by atoms with E-state index in [1.165, 1.54) is 22.3 Å². The zero-order valence-corrected chi connectivity index (χ0v) is 22.8. The number of ether oxygens (including phenoxy) is 2. The summed E-state index contributed by atoms with van der Waals surface area (Å²) in [5, 5.41) is 10.1. The number of hydrogen-bond acceptors (Lipinski definition) is 5. The Labute approximate surface area is 228 Å². The lowest BCUT2D eigenvalue weighted by Crippen LogP contribution is -2.26. The number of aromatic hydroxyl groups is 1. The highest BCUT2D eigenvalue weighted by Crippen LogP contribution is 2.46. The second kappa shape index (κ2) is 10.3. The molecule has 198 valence electrons. The molecule has 0 bridgehead atoms. The van der Waals surface area contributed by atoms with Gasteiger partial charge in [0.1, 0.15) is 29.0 Å². The fourth-order valence-electron chi connectivity index (χ4n) is 5.85. The van der Waals surface area contributed by atoms with E-state index in [1.807, 2.05) is 12.1 Å². The predicted octanol–water partition coefficient (Wildman–Crippen LogP) is 6.98. The maximum absolute atomic E-state index is 12.5. The van der Waals surface area contributed by atoms with Crippen molar-refractivity contribution in [1.82, 2.24) is 4.90 Å². The Morgan fingerprint density at radius 3 is 2.71 bits per heavy atom. The van der Waals surface area contributed by atoms with Crippen LogP contribution in [-0.2, 0) is 6.42 Å². The van der Waals surface area contributed by atoms with Crippen molar-refractivity contribution in [2.24, 2.45) is 0 Å². The first-order valence-electron chi connectivity index (χ1n) is 13.5. The molecule has 0 aromatic heterocycles. The quantitative estimate of drug-likeness (QED) is 0.356. The molecule has 0 radical (unpaired) electrons. The van der Waals surface area contributed by atoms with Gasteiger partial charge in [0.05, 0.1) is 6.67 Å². The summed E-state index contributed by atoms with van der Waals surface area (Å²) in [6.45, 7) is 6.61. The molecule has 1 fully saturated rings. The second-order valence-electron chi connectivity index (χ2n) is 11.1. The van der Waals surface area contributed by atoms with Gasteiger partial charge in [0, 0.05) is 36.7 Å². The molecule has 0 aliphatic carbocycles. The molecule has 0 saturated carbocycles. The fraction of sp³-hybridized carbons (Fsp3) is 0.375. The van der Waals surface area contributed by atoms with Crippen molar-refractivity contribution < 1.29 is 19.0 Å². The van der Waals surface area contributed by atoms with Crippen molar-refractivity contribution in [1.29, 1.82) is 0 Å². The van der Waals surface area contributed by atoms with E-state index < -0.39 is 0 Å². The monoisotopic (exact) mass is 531 g/mol. The Hall–Kier alpha value is -2.96. The molecule has 4 nitrogen and oxygen atoms in total. The Kier molecular flexibility index (Phi) is 6.87. The van der Waals surface area contributed by atoms with Gasteiger partial charge in [-0.2, -0.15) is 0 Å². The van der Waals surface area contributed by atoms with Crippen LogP contribution in [0.2, 0.25) is 0 Å². The van der Waals surface area contributed by atoms with E-state index in [4.69, 9.17) is 9.47 Å². The SMILES string of the molecule is CC1(C)Cc2cc(C3=C(c4ccc(O[C@H]5CCN(CCCF)C5)cc4)c4ccc(O)cc4SC3)ccc2O1. The average molecular weight is 532 g/mol. The summed E-state index contributed by atoms with van der Waals surface area (Å²) in [5.74, 6) is 2.95. The summed E-state index contributed by atoms with van der Waals surface area (Å²) in [4.78, 5) is 3.37. The van der Waals surface area contributed by atoms with Gasteiger partial charge >= 0.3 is 0 Å². The highest BCUT2D eigenvalue weighted by molar-refractivity contribution is 7.99. The fourth-order valence-corrected chi connectivity index (χ4v) is 6.99. The van der Waals surface area contributed by atoms with E-state index >= 15 is 0 Å². The van der Waals surface area contributed by atoms with Gasteiger partial charge < -0.3 is 14.6 Å². The van der Waals surface area contributed by atoms with Gasteiger partial charge in [-0.15, -0.1) is 11.8 Å². The minimum Gasteiger partial charge on any atom is -0.508 e. The molecule has 1 atom stereocenters. The molecule has 1 saturated heterocycles. The molecule has 3 aromatic rings. The zero-order valence-electron chi connectivity index (χ0n) is 22.0. The van der Waals surface area contributed by atoms with Crippen molar-refractivity contribution in [2.45, 2.75) is 49.7 Å². The van der Waals surface area contributed by atoms with Crippen LogP contribution in [0, 0.1) is 0 Å². The van der Waals surface area contributed by atoms with Crippen LogP contribution in [0.25, 0.3) is 11.1 Å². The number of likely N-dealkylation sites (tertiary alicyclic amines) is 1. The van der Waals surface area contributed by atoms with Crippen LogP contribution in [0.4, 0.5) is 4.39 Å². The highest BCUT2D eigenvalue weighted by atomic mass is 32.2. The van der Waals surface area contributed by atoms with Gasteiger partial charge in [0.2, 0.25) is 0 Å². The van der Waals surface area contributed by atoms with E-state index in [1.54, 1.807) is 17.8 Å². The Morgan fingerprint density at radius 2 is 1.89 bits per heavy atom. The molecule has 3 aliphatic rings. The van der Waals surface area contributed by atoms with Crippen LogP contribution in [-0.4, -0.2) is 53.8 Å². The molecule has 6 rings (SSSR count). The van der Waals surface area contributed by atoms with Gasteiger partial charge in [0.25, 0.3) is 0 Å². The first-order valence-corrected chi connectivity index (χ1v) is 14.4. The average Bonchev–Trinajstić information content (AvgIpc) is 3.48. The molecule has 3 aliphatic heterocycles. The molecule has 0 unspecified atom stereocenters. The van der Waals surface area contributed by atoms with Gasteiger partial charge in [0.15, 0.2) is 0 Å². The van der Waals surface area contributed by atoms with Crippen LogP contribution in [0.1, 0.15) is 48.9 Å². The molecular weight excluding hydrogens is 497 g/mol. The van der Waals surface area contributed by atoms with E-state index in [9.17, 15) is 9.50 Å². The van der Waals surface area contributed by atoms with Crippen molar-refractivity contribution >= 4 is 22.9 Å². The Bertz CT molecular complexity index is 1370. The van der Waals surface area contributed by atoms with Gasteiger partial charge in [-0.3, -0.25) is 9.29 Å². The lowest BCUT2D eigenvalue weighted by Gasteiger charge is -2.25. The van der Waals surface area contributed by atoms with Gasteiger partial charge in [-0.25, -0.2) is 0 Å². The number of thioether (sulfide) groups is 1. The van der Waals surface area contributed by atoms with E-state index in [0.29, 0.717) is 6.42 Å². The third kappa shape index (κ3) is 5.16. The highest BCUT2D eigenvalue weighted by Gasteiger charge is 2.31. The molecule has 0 spiro atoms. The summed E-state index contributed by atoms with van der Waals surface area (Å²) in [6.07, 6.45) is 2.60. The number of nitrogens with zero attached hydrogens (tertiary/aromatic N) is 1. The number of rotatable bonds is 7. The van der Waals surface area contributed by atoms with Crippen molar-refractivity contribution in [3.63, 3.8) is 0 Å². The number of alkyl halides is 1. The third-order valence-electron chi connectivity index (χ3n) is 7.60. The predicted molar refractivity (Wildman–Crippen MR) is 152 cm³/mol. The van der Waals surface area contributed by atoms with Gasteiger partial charge in [-0.1, -0.05) is 18.2 Å². The summed E-state index contributed by atoms with van der Waals surface area (Å²) in [6, 6.07) is 20.6. The minimum atomic E-state index is -0.264. The van der Waals surface area contributed by atoms with Crippen LogP contribution in [0.15, 0.2) is 65.6 Å². The van der Waals surface area contributed by atoms with Crippen LogP contribution in [0.3, 0.4) is 0 Å². The maximum Gasteiger partial charge on any atom is 0.123 e. The first-order chi connectivity index (χ1) is 18.4. The standard InChI is InChI=1S/C32H34FNO3S/c1-32(2)18-23-16-22(6-11-29(23)37-32)28-20-38-30-17-24(35)7-10-27(30)31(28)21-4-8-25(9-5-21)36-26-12-15-34(19-26)14-3-13-33/h4-11,16-17,26,35H,3,12-15,18-20H2,1-2H3/t26-/m0/s1. The summed E-state index contributed by atoms with van der Waals surface area (Å²) < 4.78 is 25.0. The maximum atomic E-state index is 12.5. The third-order valence-corrected chi connectivity index (χ3v) is 8.68. The number of benzene rings is 3. The minimum absolute atomic E-state index is 0.142. The zero-order chi connectivity index (χ0) is 26.3. The molecule has 38 heavy (non-hydrogen) atoms.